The van der Waals surface area contributed by atoms with Crippen molar-refractivity contribution in [2.75, 3.05) is 18.2 Å². The monoisotopic (exact) mass is 610 g/mol. The molecule has 1 unspecified atom stereocenters. The molecule has 0 amide bonds. The molecule has 0 saturated heterocycles. The molecule has 3 aromatic carbocycles. The molecule has 1 N–H and O–H groups in total. The van der Waals surface area contributed by atoms with Crippen molar-refractivity contribution in [3.05, 3.63) is 105 Å². The molecule has 4 aromatic rings. The molecule has 0 spiro atoms. The first-order valence-electron chi connectivity index (χ1n) is 12.9. The van der Waals surface area contributed by atoms with Crippen molar-refractivity contribution in [1.82, 2.24) is 14.8 Å². The van der Waals surface area contributed by atoms with Gasteiger partial charge in [-0.2, -0.15) is 4.98 Å². The highest BCUT2D eigenvalue weighted by Crippen LogP contribution is 2.40. The van der Waals surface area contributed by atoms with Gasteiger partial charge in [0.15, 0.2) is 11.5 Å². The molecule has 1 aliphatic rings. The van der Waals surface area contributed by atoms with E-state index >= 15 is 0 Å². The number of thioether (sulfide) groups is 1. The van der Waals surface area contributed by atoms with Crippen LogP contribution in [0.25, 0.3) is 0 Å². The number of hydrogen-bond donors (Lipinski definition) is 1. The molecular formula is C30H28Cl2N4O4S. The van der Waals surface area contributed by atoms with E-state index in [0.29, 0.717) is 49.5 Å². The van der Waals surface area contributed by atoms with Gasteiger partial charge in [-0.1, -0.05) is 84.4 Å². The molecule has 0 radical (unpaired) electrons. The number of carbonyl (C=O) groups excluding carboxylic acids is 1. The van der Waals surface area contributed by atoms with Crippen molar-refractivity contribution >= 4 is 46.9 Å². The van der Waals surface area contributed by atoms with Gasteiger partial charge in [-0.05, 0) is 48.1 Å². The third kappa shape index (κ3) is 6.32. The third-order valence-electron chi connectivity index (χ3n) is 6.48. The lowest BCUT2D eigenvalue weighted by Gasteiger charge is -2.28. The van der Waals surface area contributed by atoms with E-state index in [0.717, 1.165) is 16.9 Å². The molecule has 8 nitrogen and oxygen atoms in total. The summed E-state index contributed by atoms with van der Waals surface area (Å²) in [6, 6.07) is 19.7. The van der Waals surface area contributed by atoms with Crippen LogP contribution in [-0.2, 0) is 22.7 Å². The second-order valence-electron chi connectivity index (χ2n) is 9.12. The van der Waals surface area contributed by atoms with Gasteiger partial charge < -0.3 is 19.5 Å². The lowest BCUT2D eigenvalue weighted by Crippen LogP contribution is -2.29. The van der Waals surface area contributed by atoms with Crippen molar-refractivity contribution < 1.29 is 19.0 Å². The topological polar surface area (TPSA) is 87.5 Å². The number of carbonyl (C=O) groups is 1. The normalized spacial score (nSPS) is 14.3. The lowest BCUT2D eigenvalue weighted by molar-refractivity contribution is -0.140. The number of nitrogens with one attached hydrogen (secondary N) is 1. The van der Waals surface area contributed by atoms with Crippen LogP contribution in [0.5, 0.6) is 11.5 Å². The van der Waals surface area contributed by atoms with Crippen LogP contribution >= 0.6 is 35.0 Å². The van der Waals surface area contributed by atoms with E-state index in [9.17, 15) is 4.79 Å². The maximum Gasteiger partial charge on any atom is 0.338 e. The van der Waals surface area contributed by atoms with Gasteiger partial charge in [0.1, 0.15) is 19.3 Å². The van der Waals surface area contributed by atoms with Gasteiger partial charge in [-0.25, -0.2) is 9.48 Å². The minimum Gasteiger partial charge on any atom is -0.493 e. The van der Waals surface area contributed by atoms with Crippen LogP contribution in [-0.4, -0.2) is 33.6 Å². The lowest BCUT2D eigenvalue weighted by atomic mass is 9.95. The molecule has 0 fully saturated rings. The van der Waals surface area contributed by atoms with Gasteiger partial charge in [0.25, 0.3) is 0 Å². The van der Waals surface area contributed by atoms with Gasteiger partial charge in [-0.15, -0.1) is 5.10 Å². The Morgan fingerprint density at radius 3 is 2.49 bits per heavy atom. The van der Waals surface area contributed by atoms with Gasteiger partial charge in [0.2, 0.25) is 11.1 Å². The molecule has 1 atom stereocenters. The third-order valence-corrected chi connectivity index (χ3v) is 7.90. The van der Waals surface area contributed by atoms with Crippen molar-refractivity contribution in [2.24, 2.45) is 0 Å². The number of esters is 1. The van der Waals surface area contributed by atoms with Crippen molar-refractivity contribution in [3.8, 4) is 11.5 Å². The number of benzene rings is 3. The van der Waals surface area contributed by atoms with E-state index < -0.39 is 12.0 Å². The van der Waals surface area contributed by atoms with Gasteiger partial charge in [-0.3, -0.25) is 0 Å². The number of fused-ring (bicyclic) bond motifs is 1. The summed E-state index contributed by atoms with van der Waals surface area (Å²) in [6.07, 6.45) is 0. The highest BCUT2D eigenvalue weighted by molar-refractivity contribution is 7.99. The molecule has 0 bridgehead atoms. The fourth-order valence-electron chi connectivity index (χ4n) is 4.49. The Bertz CT molecular complexity index is 1570. The second-order valence-corrected chi connectivity index (χ2v) is 11.2. The fraction of sp³-hybridized carbons (Fsp3) is 0.233. The Labute approximate surface area is 252 Å². The highest BCUT2D eigenvalue weighted by atomic mass is 35.5. The maximum absolute atomic E-state index is 13.6. The van der Waals surface area contributed by atoms with Crippen molar-refractivity contribution in [1.29, 1.82) is 0 Å². The minimum atomic E-state index is -0.616. The molecule has 0 aliphatic carbocycles. The van der Waals surface area contributed by atoms with E-state index in [4.69, 9.17) is 42.5 Å². The quantitative estimate of drug-likeness (QED) is 0.148. The molecule has 212 valence electrons. The van der Waals surface area contributed by atoms with Crippen molar-refractivity contribution in [2.45, 2.75) is 38.3 Å². The van der Waals surface area contributed by atoms with E-state index in [1.54, 1.807) is 36.1 Å². The van der Waals surface area contributed by atoms with E-state index in [1.807, 2.05) is 56.3 Å². The Kier molecular flexibility index (Phi) is 9.07. The van der Waals surface area contributed by atoms with E-state index in [-0.39, 0.29) is 13.2 Å². The zero-order chi connectivity index (χ0) is 28.9. The molecule has 2 heterocycles. The number of allylic oxidation sites excluding steroid dienone is 1. The summed E-state index contributed by atoms with van der Waals surface area (Å²) in [7, 11) is 1.56. The molecule has 0 saturated carbocycles. The largest absolute Gasteiger partial charge is 0.493 e. The number of anilines is 1. The molecule has 1 aromatic heterocycles. The van der Waals surface area contributed by atoms with E-state index in [2.05, 4.69) is 10.3 Å². The Balaban J connectivity index is 1.49. The van der Waals surface area contributed by atoms with Crippen LogP contribution in [0.2, 0.25) is 10.0 Å². The predicted molar refractivity (Wildman–Crippen MR) is 161 cm³/mol. The maximum atomic E-state index is 13.6. The number of methoxy groups -OCH3 is 1. The molecular weight excluding hydrogens is 583 g/mol. The molecule has 11 heteroatoms. The summed E-state index contributed by atoms with van der Waals surface area (Å²) in [5.74, 6) is 1.86. The molecule has 1 aliphatic heterocycles. The Morgan fingerprint density at radius 1 is 1.02 bits per heavy atom. The number of rotatable bonds is 10. The summed E-state index contributed by atoms with van der Waals surface area (Å²) in [4.78, 5) is 18.2. The van der Waals surface area contributed by atoms with Gasteiger partial charge in [0.05, 0.1) is 12.7 Å². The SMILES string of the molecule is CCSc1nc2n(n1)C(c1ccc(OCc3c(Cl)cccc3Cl)c(OC)c1)C(C(=O)OCc1ccccc1)=C(C)N2. The zero-order valence-electron chi connectivity index (χ0n) is 22.7. The van der Waals surface area contributed by atoms with Crippen molar-refractivity contribution in [3.63, 3.8) is 0 Å². The molecule has 5 rings (SSSR count). The summed E-state index contributed by atoms with van der Waals surface area (Å²) in [6.45, 7) is 4.16. The predicted octanol–water partition coefficient (Wildman–Crippen LogP) is 7.32. The van der Waals surface area contributed by atoms with Gasteiger partial charge >= 0.3 is 5.97 Å². The summed E-state index contributed by atoms with van der Waals surface area (Å²) >= 11 is 14.2. The number of hydrogen-bond acceptors (Lipinski definition) is 8. The number of ether oxygens (including phenoxy) is 3. The highest BCUT2D eigenvalue weighted by Gasteiger charge is 2.36. The zero-order valence-corrected chi connectivity index (χ0v) is 25.0. The van der Waals surface area contributed by atoms with Crippen LogP contribution in [0.3, 0.4) is 0 Å². The first kappa shape index (κ1) is 28.9. The van der Waals surface area contributed by atoms with Crippen LogP contribution in [0.15, 0.2) is 83.2 Å². The van der Waals surface area contributed by atoms with Crippen LogP contribution in [0, 0.1) is 0 Å². The summed E-state index contributed by atoms with van der Waals surface area (Å²) < 4.78 is 19.2. The standard InChI is InChI=1S/C30H28Cl2N4O4S/c1-4-41-30-34-29-33-18(2)26(28(37)40-16-19-9-6-5-7-10-19)27(36(29)35-30)20-13-14-24(25(15-20)38-3)39-17-21-22(31)11-8-12-23(21)32/h5-15,27H,4,16-17H2,1-3H3,(H,33,34,35). The van der Waals surface area contributed by atoms with Crippen LogP contribution < -0.4 is 14.8 Å². The fourth-order valence-corrected chi connectivity index (χ4v) is 5.55. The van der Waals surface area contributed by atoms with E-state index in [1.165, 1.54) is 11.8 Å². The Morgan fingerprint density at radius 2 is 1.78 bits per heavy atom. The average molecular weight is 612 g/mol. The van der Waals surface area contributed by atoms with Crippen LogP contribution in [0.1, 0.15) is 36.6 Å². The Hall–Kier alpha value is -3.66. The number of nitrogens with zero attached hydrogens (tertiary/aromatic N) is 3. The number of halogens is 2. The summed E-state index contributed by atoms with van der Waals surface area (Å²) in [5, 5.41) is 9.59. The van der Waals surface area contributed by atoms with Gasteiger partial charge in [0, 0.05) is 21.3 Å². The van der Waals surface area contributed by atoms with Crippen LogP contribution in [0.4, 0.5) is 5.95 Å². The molecule has 41 heavy (non-hydrogen) atoms. The summed E-state index contributed by atoms with van der Waals surface area (Å²) in [5.41, 5.74) is 3.37. The first-order valence-corrected chi connectivity index (χ1v) is 14.7. The average Bonchev–Trinajstić information content (AvgIpc) is 3.37. The number of aromatic nitrogens is 3. The smallest absolute Gasteiger partial charge is 0.338 e. The first-order chi connectivity index (χ1) is 19.9. The second kappa shape index (κ2) is 12.9. The minimum absolute atomic E-state index is 0.144.